The van der Waals surface area contributed by atoms with Crippen molar-refractivity contribution >= 4 is 13.6 Å². The number of pyridine rings is 1. The SMILES string of the molecule is CC(C)(C)C(O)=CC(=O)CC[P+](=O)Cc1cccc(-c2ccccc2)n1. The van der Waals surface area contributed by atoms with E-state index in [9.17, 15) is 14.5 Å². The van der Waals surface area contributed by atoms with E-state index in [4.69, 9.17) is 0 Å². The molecule has 5 heteroatoms. The highest BCUT2D eigenvalue weighted by Crippen LogP contribution is 2.28. The van der Waals surface area contributed by atoms with Crippen molar-refractivity contribution in [3.8, 4) is 11.3 Å². The summed E-state index contributed by atoms with van der Waals surface area (Å²) >= 11 is 0. The van der Waals surface area contributed by atoms with Crippen LogP contribution < -0.4 is 0 Å². The van der Waals surface area contributed by atoms with Gasteiger partial charge in [-0.3, -0.25) is 4.79 Å². The summed E-state index contributed by atoms with van der Waals surface area (Å²) in [5.74, 6) is -0.151. The zero-order chi connectivity index (χ0) is 19.2. The van der Waals surface area contributed by atoms with Crippen LogP contribution in [0.5, 0.6) is 0 Å². The third-order valence-corrected chi connectivity index (χ3v) is 5.29. The molecule has 1 aromatic carbocycles. The Balaban J connectivity index is 1.93. The van der Waals surface area contributed by atoms with E-state index >= 15 is 0 Å². The molecule has 1 N–H and O–H groups in total. The summed E-state index contributed by atoms with van der Waals surface area (Å²) in [4.78, 5) is 16.5. The summed E-state index contributed by atoms with van der Waals surface area (Å²) in [7, 11) is -1.57. The average Bonchev–Trinajstić information content (AvgIpc) is 2.60. The van der Waals surface area contributed by atoms with Gasteiger partial charge in [-0.15, -0.1) is 0 Å². The molecule has 0 saturated heterocycles. The number of carbonyl (C=O) groups is 1. The van der Waals surface area contributed by atoms with Crippen LogP contribution in [0.4, 0.5) is 0 Å². The van der Waals surface area contributed by atoms with E-state index in [1.807, 2.05) is 69.3 Å². The van der Waals surface area contributed by atoms with Crippen LogP contribution in [0.25, 0.3) is 11.3 Å². The smallest absolute Gasteiger partial charge is 0.345 e. The van der Waals surface area contributed by atoms with Crippen molar-refractivity contribution in [1.82, 2.24) is 4.98 Å². The van der Waals surface area contributed by atoms with Crippen molar-refractivity contribution in [2.75, 3.05) is 6.16 Å². The number of aromatic nitrogens is 1. The summed E-state index contributed by atoms with van der Waals surface area (Å²) in [6, 6.07) is 15.5. The number of allylic oxidation sites excluding steroid dienone is 2. The van der Waals surface area contributed by atoms with Gasteiger partial charge < -0.3 is 5.11 Å². The number of aliphatic hydroxyl groups excluding tert-OH is 1. The minimum Gasteiger partial charge on any atom is -0.512 e. The van der Waals surface area contributed by atoms with E-state index in [-0.39, 0.29) is 18.0 Å². The minimum atomic E-state index is -1.57. The number of rotatable bonds is 7. The summed E-state index contributed by atoms with van der Waals surface area (Å²) in [6.45, 7) is 5.49. The Morgan fingerprint density at radius 3 is 2.46 bits per heavy atom. The van der Waals surface area contributed by atoms with Crippen LogP contribution >= 0.6 is 7.80 Å². The predicted octanol–water partition coefficient (Wildman–Crippen LogP) is 5.52. The zero-order valence-corrected chi connectivity index (χ0v) is 16.4. The Labute approximate surface area is 155 Å². The van der Waals surface area contributed by atoms with Gasteiger partial charge in [-0.1, -0.05) is 61.7 Å². The molecule has 0 aliphatic heterocycles. The number of ketones is 1. The molecule has 0 spiro atoms. The molecule has 136 valence electrons. The van der Waals surface area contributed by atoms with Gasteiger partial charge in [0.05, 0.1) is 17.8 Å². The van der Waals surface area contributed by atoms with Crippen LogP contribution in [0.3, 0.4) is 0 Å². The molecule has 0 saturated carbocycles. The molecule has 2 aromatic rings. The number of carbonyl (C=O) groups excluding carboxylic acids is 1. The van der Waals surface area contributed by atoms with E-state index < -0.39 is 13.2 Å². The molecule has 26 heavy (non-hydrogen) atoms. The van der Waals surface area contributed by atoms with E-state index in [1.54, 1.807) is 0 Å². The molecule has 0 bridgehead atoms. The molecule has 0 radical (unpaired) electrons. The van der Waals surface area contributed by atoms with Crippen LogP contribution in [-0.2, 0) is 15.5 Å². The van der Waals surface area contributed by atoms with Crippen LogP contribution in [0.2, 0.25) is 0 Å². The van der Waals surface area contributed by atoms with Gasteiger partial charge in [-0.2, -0.15) is 0 Å². The summed E-state index contributed by atoms with van der Waals surface area (Å²) in [6.07, 6.45) is 2.04. The quantitative estimate of drug-likeness (QED) is 0.396. The molecule has 0 aliphatic carbocycles. The van der Waals surface area contributed by atoms with Gasteiger partial charge in [-0.05, 0) is 12.1 Å². The first-order valence-corrected chi connectivity index (χ1v) is 10.3. The minimum absolute atomic E-state index is 0.0509. The van der Waals surface area contributed by atoms with Gasteiger partial charge in [0.25, 0.3) is 0 Å². The molecule has 1 unspecified atom stereocenters. The van der Waals surface area contributed by atoms with Crippen molar-refractivity contribution in [3.05, 3.63) is 66.1 Å². The molecule has 1 aromatic heterocycles. The zero-order valence-electron chi connectivity index (χ0n) is 15.5. The third kappa shape index (κ3) is 6.20. The first-order valence-electron chi connectivity index (χ1n) is 8.63. The largest absolute Gasteiger partial charge is 0.512 e. The number of benzene rings is 1. The van der Waals surface area contributed by atoms with E-state index in [2.05, 4.69) is 4.98 Å². The van der Waals surface area contributed by atoms with Crippen LogP contribution in [0.1, 0.15) is 32.9 Å². The Bertz CT molecular complexity index is 808. The lowest BCUT2D eigenvalue weighted by Crippen LogP contribution is -2.11. The lowest BCUT2D eigenvalue weighted by Gasteiger charge is -2.16. The van der Waals surface area contributed by atoms with Gasteiger partial charge in [0, 0.05) is 17.1 Å². The van der Waals surface area contributed by atoms with Crippen molar-refractivity contribution in [1.29, 1.82) is 0 Å². The highest BCUT2D eigenvalue weighted by Gasteiger charge is 2.21. The summed E-state index contributed by atoms with van der Waals surface area (Å²) in [5.41, 5.74) is 2.16. The standard InChI is InChI=1S/C21H24NO3P/c1-21(2,3)20(24)14-18(23)12-13-26(25)15-17-10-7-11-19(22-17)16-8-5-4-6-9-16/h4-11,14H,12-13,15H2,1-3H3/p+1. The third-order valence-electron chi connectivity index (χ3n) is 3.89. The van der Waals surface area contributed by atoms with Gasteiger partial charge >= 0.3 is 7.80 Å². The Kier molecular flexibility index (Phi) is 6.82. The molecule has 2 rings (SSSR count). The number of hydrogen-bond acceptors (Lipinski definition) is 4. The highest BCUT2D eigenvalue weighted by molar-refractivity contribution is 7.43. The number of nitrogens with zero attached hydrogens (tertiary/aromatic N) is 1. The van der Waals surface area contributed by atoms with E-state index in [1.165, 1.54) is 6.08 Å². The van der Waals surface area contributed by atoms with Crippen molar-refractivity contribution < 1.29 is 14.5 Å². The molecule has 0 fully saturated rings. The predicted molar refractivity (Wildman–Crippen MR) is 106 cm³/mol. The van der Waals surface area contributed by atoms with E-state index in [0.717, 1.165) is 17.0 Å². The fourth-order valence-electron chi connectivity index (χ4n) is 2.27. The van der Waals surface area contributed by atoms with Crippen molar-refractivity contribution in [2.45, 2.75) is 33.4 Å². The lowest BCUT2D eigenvalue weighted by atomic mass is 9.93. The normalized spacial score (nSPS) is 12.7. The Hall–Kier alpha value is -2.32. The maximum Gasteiger partial charge on any atom is 0.345 e. The monoisotopic (exact) mass is 370 g/mol. The van der Waals surface area contributed by atoms with Gasteiger partial charge in [-0.25, -0.2) is 4.98 Å². The maximum absolute atomic E-state index is 12.3. The highest BCUT2D eigenvalue weighted by atomic mass is 31.1. The first-order chi connectivity index (χ1) is 12.3. The van der Waals surface area contributed by atoms with Gasteiger partial charge in [0.15, 0.2) is 18.1 Å². The summed E-state index contributed by atoms with van der Waals surface area (Å²) in [5, 5.41) is 9.85. The van der Waals surface area contributed by atoms with Crippen LogP contribution in [0, 0.1) is 5.41 Å². The molecule has 0 aliphatic rings. The molecule has 4 nitrogen and oxygen atoms in total. The molecular formula is C21H25NO3P+. The fourth-order valence-corrected chi connectivity index (χ4v) is 3.44. The topological polar surface area (TPSA) is 67.3 Å². The number of hydrogen-bond donors (Lipinski definition) is 1. The maximum atomic E-state index is 12.3. The molecule has 0 amide bonds. The van der Waals surface area contributed by atoms with Crippen LogP contribution in [-0.4, -0.2) is 22.0 Å². The summed E-state index contributed by atoms with van der Waals surface area (Å²) < 4.78 is 12.3. The second-order valence-electron chi connectivity index (χ2n) is 7.24. The molecule has 1 heterocycles. The van der Waals surface area contributed by atoms with Gasteiger partial charge in [0.2, 0.25) is 0 Å². The molecular weight excluding hydrogens is 345 g/mol. The van der Waals surface area contributed by atoms with Crippen LogP contribution in [0.15, 0.2) is 60.4 Å². The second-order valence-corrected chi connectivity index (χ2v) is 8.97. The Morgan fingerprint density at radius 2 is 1.81 bits per heavy atom. The lowest BCUT2D eigenvalue weighted by molar-refractivity contribution is -0.114. The average molecular weight is 370 g/mol. The Morgan fingerprint density at radius 1 is 1.12 bits per heavy atom. The fraction of sp³-hybridized carbons (Fsp3) is 0.333. The van der Waals surface area contributed by atoms with Crippen molar-refractivity contribution in [2.24, 2.45) is 5.41 Å². The van der Waals surface area contributed by atoms with Crippen molar-refractivity contribution in [3.63, 3.8) is 0 Å². The van der Waals surface area contributed by atoms with E-state index in [0.29, 0.717) is 12.3 Å². The first kappa shape index (κ1) is 20.0. The second kappa shape index (κ2) is 8.86. The number of aliphatic hydroxyl groups is 1. The van der Waals surface area contributed by atoms with Gasteiger partial charge in [0.1, 0.15) is 5.76 Å². The molecule has 1 atom stereocenters.